The van der Waals surface area contributed by atoms with E-state index in [1.807, 2.05) is 22.3 Å². The molecule has 23 rings (SSSR count). The van der Waals surface area contributed by atoms with Gasteiger partial charge < -0.3 is 0 Å². The predicted molar refractivity (Wildman–Crippen MR) is 564 cm³/mol. The Labute approximate surface area is 823 Å². The Bertz CT molecular complexity index is 3370. The lowest BCUT2D eigenvalue weighted by atomic mass is 9.39. The highest BCUT2D eigenvalue weighted by Gasteiger charge is 2.70. The first-order valence-electron chi connectivity index (χ1n) is 64.6. The summed E-state index contributed by atoms with van der Waals surface area (Å²) in [4.78, 5) is 0. The molecule has 0 N–H and O–H groups in total. The fourth-order valence-electron chi connectivity index (χ4n) is 45.0. The van der Waals surface area contributed by atoms with Crippen LogP contribution >= 0.6 is 0 Å². The van der Waals surface area contributed by atoms with Gasteiger partial charge in [-0.2, -0.15) is 0 Å². The minimum Gasteiger partial charge on any atom is -0.0822 e. The highest BCUT2D eigenvalue weighted by molar-refractivity contribution is 5.20. The van der Waals surface area contributed by atoms with Gasteiger partial charge in [0.1, 0.15) is 0 Å². The summed E-state index contributed by atoms with van der Waals surface area (Å²) >= 11 is 0. The Morgan fingerprint density at radius 2 is 0.293 bits per heavy atom. The lowest BCUT2D eigenvalue weighted by Gasteiger charge is -2.65. The van der Waals surface area contributed by atoms with E-state index >= 15 is 0 Å². The number of rotatable bonds is 18. The Balaban J connectivity index is 0.498. The van der Waals surface area contributed by atoms with Crippen LogP contribution in [0.15, 0.2) is 46.6 Å². The van der Waals surface area contributed by atoms with E-state index in [1.54, 1.807) is 372 Å². The van der Waals surface area contributed by atoms with E-state index in [0.717, 1.165) is 225 Å². The standard InChI is InChI=1S/C133H214/c1-5-17-91(18-6-1)81-95-29-37-99(38-30-95)103-45-53-107(54-46-103)111-61-65-115(66-62-111)119-77-79-121-87-127(117-73-69-113(70-74-117)109-57-49-105(50-58-109)101-41-33-97(34-42-101)83-93-21-9-3-10-22-93)131(89-123(121)85-119)133(129-27-15-13-25-125(129)126-26-14-16-28-130(126)133)132-90-124-86-120(116-67-63-112(64-68-116)108-55-47-104(48-56-108)100-39-31-96(32-40-100)82-92-19-7-2-8-20-92)78-80-122(124)88-128(132)118-75-71-114(72-76-118)110-59-51-106(52-60-110)102-43-35-98(36-44-102)84-94-23-11-4-12-24-94/h81-84,95-132H,1-80,85-90H2. The van der Waals surface area contributed by atoms with Crippen molar-refractivity contribution in [2.24, 2.45) is 230 Å². The predicted octanol–water partition coefficient (Wildman–Crippen LogP) is 40.0. The van der Waals surface area contributed by atoms with Crippen molar-refractivity contribution in [1.29, 1.82) is 0 Å². The van der Waals surface area contributed by atoms with Crippen molar-refractivity contribution in [3.05, 3.63) is 46.6 Å². The van der Waals surface area contributed by atoms with E-state index in [-0.39, 0.29) is 0 Å². The summed E-state index contributed by atoms with van der Waals surface area (Å²) in [5.41, 5.74) is 8.08. The minimum absolute atomic E-state index is 0.634. The van der Waals surface area contributed by atoms with Crippen molar-refractivity contribution in [2.45, 2.75) is 552 Å². The molecule has 133 heavy (non-hydrogen) atoms. The van der Waals surface area contributed by atoms with Crippen LogP contribution in [-0.2, 0) is 0 Å². The largest absolute Gasteiger partial charge is 0.0822 e. The molecule has 0 nitrogen and oxygen atoms in total. The molecule has 0 aliphatic heterocycles. The summed E-state index contributed by atoms with van der Waals surface area (Å²) < 4.78 is 0. The van der Waals surface area contributed by atoms with Crippen LogP contribution in [0.1, 0.15) is 552 Å². The quantitative estimate of drug-likeness (QED) is 0.120. The molecule has 23 aliphatic carbocycles. The molecular weight excluding hydrogens is 1600 g/mol. The fraction of sp³-hybridized carbons (Fsp3) is 0.940. The van der Waals surface area contributed by atoms with E-state index in [0.29, 0.717) is 5.41 Å². The van der Waals surface area contributed by atoms with Gasteiger partial charge in [0, 0.05) is 0 Å². The molecule has 0 aromatic heterocycles. The van der Waals surface area contributed by atoms with Crippen molar-refractivity contribution < 1.29 is 0 Å². The van der Waals surface area contributed by atoms with Gasteiger partial charge in [-0.25, -0.2) is 0 Å². The molecule has 0 bridgehead atoms. The van der Waals surface area contributed by atoms with Crippen LogP contribution in [0.5, 0.6) is 0 Å². The Morgan fingerprint density at radius 3 is 0.511 bits per heavy atom. The Kier molecular flexibility index (Phi) is 32.5. The number of hydrogen-bond acceptors (Lipinski definition) is 0. The summed E-state index contributed by atoms with van der Waals surface area (Å²) in [7, 11) is 0. The number of allylic oxidation sites excluding steroid dienone is 8. The van der Waals surface area contributed by atoms with Crippen molar-refractivity contribution in [2.75, 3.05) is 0 Å². The molecule has 14 unspecified atom stereocenters. The Hall–Kier alpha value is -1.04. The maximum Gasteiger partial charge on any atom is -0.0173 e. The molecule has 23 aliphatic rings. The van der Waals surface area contributed by atoms with Crippen LogP contribution in [0.3, 0.4) is 0 Å². The zero-order chi connectivity index (χ0) is 88.4. The molecule has 0 aromatic carbocycles. The fourth-order valence-corrected chi connectivity index (χ4v) is 45.0. The van der Waals surface area contributed by atoms with Crippen LogP contribution in [0.4, 0.5) is 0 Å². The SMILES string of the molecule is C(=C1CCCCC1)C1CCC(C2CCC(C3CCC(C4CCC5CC(C6CCC(C7CCC(C8CCC(C=C9CCCCC9)CC8)CC7)CC6)C(C6(C7CC8CC(C9CCC(C%10CCC(C%11CCC(C=C%12CCCCC%12)CC%11)CC%10)CC9)CCC8CC7C7CCC(C8CCC(C9CCC(C=C%10CCCCC%10)CC9)CC8)CC7)C7CCCCC7C7CCCCC76)CC5C4)CC3)CC2)CC1. The van der Waals surface area contributed by atoms with E-state index in [4.69, 9.17) is 0 Å². The van der Waals surface area contributed by atoms with Crippen LogP contribution in [0.2, 0.25) is 0 Å². The summed E-state index contributed by atoms with van der Waals surface area (Å²) in [6.45, 7) is 0. The second-order valence-corrected chi connectivity index (χ2v) is 57.4. The molecule has 746 valence electrons. The van der Waals surface area contributed by atoms with Crippen molar-refractivity contribution in [1.82, 2.24) is 0 Å². The van der Waals surface area contributed by atoms with Crippen molar-refractivity contribution >= 4 is 0 Å². The highest BCUT2D eigenvalue weighted by atomic mass is 14.7. The number of fused-ring (bicyclic) bond motifs is 5. The maximum absolute atomic E-state index is 2.85. The van der Waals surface area contributed by atoms with E-state index in [9.17, 15) is 0 Å². The lowest BCUT2D eigenvalue weighted by molar-refractivity contribution is -0.169. The second kappa shape index (κ2) is 45.3. The summed E-state index contributed by atoms with van der Waals surface area (Å²) in [5, 5.41) is 0. The van der Waals surface area contributed by atoms with E-state index in [2.05, 4.69) is 24.3 Å². The smallest absolute Gasteiger partial charge is 0.0173 e. The first kappa shape index (κ1) is 95.5. The van der Waals surface area contributed by atoms with Gasteiger partial charge in [0.05, 0.1) is 0 Å². The van der Waals surface area contributed by atoms with Crippen LogP contribution in [0.25, 0.3) is 0 Å². The maximum atomic E-state index is 2.85. The van der Waals surface area contributed by atoms with E-state index < -0.39 is 0 Å². The first-order valence-corrected chi connectivity index (χ1v) is 64.6. The molecule has 0 heterocycles. The monoisotopic (exact) mass is 1810 g/mol. The van der Waals surface area contributed by atoms with Gasteiger partial charge in [-0.3, -0.25) is 0 Å². The molecule has 0 heteroatoms. The molecule has 0 aromatic rings. The third kappa shape index (κ3) is 22.0. The summed E-state index contributed by atoms with van der Waals surface area (Å²) in [6.07, 6.45) is 148. The van der Waals surface area contributed by atoms with Crippen molar-refractivity contribution in [3.63, 3.8) is 0 Å². The van der Waals surface area contributed by atoms with Gasteiger partial charge in [0.15, 0.2) is 0 Å². The molecule has 23 fully saturated rings. The summed E-state index contributed by atoms with van der Waals surface area (Å²) in [6, 6.07) is 0. The van der Waals surface area contributed by atoms with Gasteiger partial charge in [-0.1, -0.05) is 98.0 Å². The van der Waals surface area contributed by atoms with Crippen LogP contribution < -0.4 is 0 Å². The topological polar surface area (TPSA) is 0 Å². The molecule has 14 atom stereocenters. The van der Waals surface area contributed by atoms with Gasteiger partial charge in [0.2, 0.25) is 0 Å². The molecule has 23 saturated carbocycles. The lowest BCUT2D eigenvalue weighted by Crippen LogP contribution is -2.59. The zero-order valence-electron chi connectivity index (χ0n) is 87.6. The third-order valence-corrected chi connectivity index (χ3v) is 52.0. The van der Waals surface area contributed by atoms with Crippen LogP contribution in [0, 0.1) is 230 Å². The second-order valence-electron chi connectivity index (χ2n) is 57.4. The number of hydrogen-bond donors (Lipinski definition) is 0. The Morgan fingerprint density at radius 1 is 0.120 bits per heavy atom. The van der Waals surface area contributed by atoms with Gasteiger partial charge >= 0.3 is 0 Å². The molecule has 0 spiro atoms. The normalized spacial score (nSPS) is 49.1. The van der Waals surface area contributed by atoms with Crippen molar-refractivity contribution in [3.8, 4) is 0 Å². The molecular formula is C133H214. The van der Waals surface area contributed by atoms with Gasteiger partial charge in [-0.15, -0.1) is 0 Å². The average molecular weight is 1810 g/mol. The van der Waals surface area contributed by atoms with Gasteiger partial charge in [0.25, 0.3) is 0 Å². The van der Waals surface area contributed by atoms with Gasteiger partial charge in [-0.05, 0) is 731 Å². The van der Waals surface area contributed by atoms with Crippen LogP contribution in [-0.4, -0.2) is 0 Å². The first-order chi connectivity index (χ1) is 65.8. The summed E-state index contributed by atoms with van der Waals surface area (Å²) in [5.74, 6) is 39.9. The third-order valence-electron chi connectivity index (χ3n) is 52.0. The van der Waals surface area contributed by atoms with E-state index in [1.165, 1.54) is 180 Å². The average Bonchev–Trinajstić information content (AvgIpc) is 1.53. The zero-order valence-corrected chi connectivity index (χ0v) is 87.6. The molecule has 0 saturated heterocycles. The highest BCUT2D eigenvalue weighted by Crippen LogP contribution is 2.77. The minimum atomic E-state index is 0.634. The molecule has 0 amide bonds. The molecule has 0 radical (unpaired) electrons.